The van der Waals surface area contributed by atoms with E-state index in [1.807, 2.05) is 18.2 Å². The summed E-state index contributed by atoms with van der Waals surface area (Å²) in [5, 5.41) is 0. The number of fused-ring (bicyclic) bond motifs is 1. The first-order chi connectivity index (χ1) is 14.4. The first-order valence-corrected chi connectivity index (χ1v) is 11.3. The summed E-state index contributed by atoms with van der Waals surface area (Å²) in [5.74, 6) is 0.0511. The third kappa shape index (κ3) is 4.45. The van der Waals surface area contributed by atoms with E-state index in [2.05, 4.69) is 47.9 Å². The smallest absolute Gasteiger partial charge is 0.253 e. The van der Waals surface area contributed by atoms with Crippen molar-refractivity contribution in [2.45, 2.75) is 45.2 Å². The van der Waals surface area contributed by atoms with Crippen LogP contribution in [0.4, 0.5) is 0 Å². The predicted molar refractivity (Wildman–Crippen MR) is 124 cm³/mol. The highest BCUT2D eigenvalue weighted by Crippen LogP contribution is 2.30. The van der Waals surface area contributed by atoms with Crippen LogP contribution in [-0.4, -0.2) is 73.0 Å². The van der Waals surface area contributed by atoms with Gasteiger partial charge in [-0.05, 0) is 67.5 Å². The molecule has 1 fully saturated rings. The minimum absolute atomic E-state index is 0.0511. The second-order valence-corrected chi connectivity index (χ2v) is 9.33. The number of amides is 1. The zero-order chi connectivity index (χ0) is 21.3. The average Bonchev–Trinajstić information content (AvgIpc) is 2.78. The maximum atomic E-state index is 12.3. The predicted octanol–water partition coefficient (Wildman–Crippen LogP) is 3.94. The van der Waals surface area contributed by atoms with Crippen molar-refractivity contribution >= 4 is 5.91 Å². The van der Waals surface area contributed by atoms with Gasteiger partial charge in [0.05, 0.1) is 0 Å². The van der Waals surface area contributed by atoms with E-state index < -0.39 is 0 Å². The third-order valence-electron chi connectivity index (χ3n) is 6.85. The van der Waals surface area contributed by atoms with E-state index >= 15 is 0 Å². The van der Waals surface area contributed by atoms with Gasteiger partial charge in [-0.1, -0.05) is 30.3 Å². The monoisotopic (exact) mass is 405 g/mol. The van der Waals surface area contributed by atoms with Gasteiger partial charge < -0.3 is 4.90 Å². The fourth-order valence-electron chi connectivity index (χ4n) is 4.94. The van der Waals surface area contributed by atoms with Crippen molar-refractivity contribution in [2.24, 2.45) is 0 Å². The standard InChI is InChI=1S/C26H35N3O/c1-19(2)28-12-14-29(15-13-28)25-11-10-22-16-21(8-9-23(22)18-25)20-6-5-7-24(17-20)26(30)27(3)4/h5-9,16-17,19,25H,10-15,18H2,1-4H3. The van der Waals surface area contributed by atoms with Crippen LogP contribution in [0.2, 0.25) is 0 Å². The molecule has 1 heterocycles. The molecule has 4 nitrogen and oxygen atoms in total. The maximum absolute atomic E-state index is 12.3. The average molecular weight is 406 g/mol. The molecule has 4 heteroatoms. The van der Waals surface area contributed by atoms with Crippen molar-refractivity contribution in [1.29, 1.82) is 0 Å². The van der Waals surface area contributed by atoms with E-state index in [9.17, 15) is 4.79 Å². The van der Waals surface area contributed by atoms with Gasteiger partial charge in [-0.25, -0.2) is 0 Å². The summed E-state index contributed by atoms with van der Waals surface area (Å²) in [7, 11) is 3.60. The molecule has 0 aromatic heterocycles. The topological polar surface area (TPSA) is 26.8 Å². The molecule has 4 rings (SSSR count). The molecule has 0 radical (unpaired) electrons. The number of piperazine rings is 1. The summed E-state index contributed by atoms with van der Waals surface area (Å²) in [4.78, 5) is 19.3. The van der Waals surface area contributed by atoms with Crippen LogP contribution in [0.25, 0.3) is 11.1 Å². The summed E-state index contributed by atoms with van der Waals surface area (Å²) in [6.07, 6.45) is 3.56. The van der Waals surface area contributed by atoms with Crippen LogP contribution in [0.5, 0.6) is 0 Å². The normalized spacial score (nSPS) is 20.2. The lowest BCUT2D eigenvalue weighted by atomic mass is 9.85. The van der Waals surface area contributed by atoms with E-state index in [0.717, 1.165) is 24.0 Å². The fourth-order valence-corrected chi connectivity index (χ4v) is 4.94. The second kappa shape index (κ2) is 8.91. The lowest BCUT2D eigenvalue weighted by Crippen LogP contribution is -2.53. The molecule has 0 spiro atoms. The highest BCUT2D eigenvalue weighted by atomic mass is 16.2. The van der Waals surface area contributed by atoms with Gasteiger partial charge in [0.1, 0.15) is 0 Å². The van der Waals surface area contributed by atoms with Crippen LogP contribution < -0.4 is 0 Å². The Hall–Kier alpha value is -2.17. The van der Waals surface area contributed by atoms with Crippen LogP contribution in [0.1, 0.15) is 41.8 Å². The van der Waals surface area contributed by atoms with Crippen LogP contribution in [0.3, 0.4) is 0 Å². The Morgan fingerprint density at radius 2 is 1.70 bits per heavy atom. The first kappa shape index (κ1) is 21.1. The Bertz CT molecular complexity index is 897. The van der Waals surface area contributed by atoms with Crippen molar-refractivity contribution in [3.05, 3.63) is 59.2 Å². The quantitative estimate of drug-likeness (QED) is 0.771. The largest absolute Gasteiger partial charge is 0.345 e. The molecule has 2 aromatic rings. The summed E-state index contributed by atoms with van der Waals surface area (Å²) < 4.78 is 0. The number of carbonyl (C=O) groups excluding carboxylic acids is 1. The van der Waals surface area contributed by atoms with Crippen LogP contribution >= 0.6 is 0 Å². The van der Waals surface area contributed by atoms with Crippen molar-refractivity contribution in [2.75, 3.05) is 40.3 Å². The molecule has 1 amide bonds. The molecule has 2 aromatic carbocycles. The minimum atomic E-state index is 0.0511. The van der Waals surface area contributed by atoms with Crippen LogP contribution in [0.15, 0.2) is 42.5 Å². The molecule has 1 atom stereocenters. The van der Waals surface area contributed by atoms with Gasteiger partial charge in [0.2, 0.25) is 0 Å². The van der Waals surface area contributed by atoms with Gasteiger partial charge in [0.25, 0.3) is 5.91 Å². The molecule has 1 saturated heterocycles. The Kier molecular flexibility index (Phi) is 6.26. The Morgan fingerprint density at radius 3 is 2.40 bits per heavy atom. The molecule has 160 valence electrons. The molecular weight excluding hydrogens is 370 g/mol. The third-order valence-corrected chi connectivity index (χ3v) is 6.85. The molecule has 0 saturated carbocycles. The van der Waals surface area contributed by atoms with Crippen LogP contribution in [-0.2, 0) is 12.8 Å². The lowest BCUT2D eigenvalue weighted by molar-refractivity contribution is 0.0730. The molecule has 0 N–H and O–H groups in total. The van der Waals surface area contributed by atoms with Crippen molar-refractivity contribution < 1.29 is 4.79 Å². The number of benzene rings is 2. The molecule has 1 unspecified atom stereocenters. The van der Waals surface area contributed by atoms with E-state index in [0.29, 0.717) is 12.1 Å². The zero-order valence-electron chi connectivity index (χ0n) is 18.9. The van der Waals surface area contributed by atoms with Gasteiger partial charge in [-0.3, -0.25) is 14.6 Å². The zero-order valence-corrected chi connectivity index (χ0v) is 18.9. The van der Waals surface area contributed by atoms with Crippen molar-refractivity contribution in [1.82, 2.24) is 14.7 Å². The molecule has 0 bridgehead atoms. The Balaban J connectivity index is 1.46. The van der Waals surface area contributed by atoms with Gasteiger partial charge in [-0.2, -0.15) is 0 Å². The van der Waals surface area contributed by atoms with E-state index in [-0.39, 0.29) is 5.91 Å². The van der Waals surface area contributed by atoms with Gasteiger partial charge in [-0.15, -0.1) is 0 Å². The lowest BCUT2D eigenvalue weighted by Gasteiger charge is -2.42. The van der Waals surface area contributed by atoms with E-state index in [1.54, 1.807) is 19.0 Å². The number of carbonyl (C=O) groups is 1. The Morgan fingerprint density at radius 1 is 0.967 bits per heavy atom. The van der Waals surface area contributed by atoms with E-state index in [1.165, 1.54) is 49.3 Å². The molecule has 1 aliphatic carbocycles. The van der Waals surface area contributed by atoms with Crippen molar-refractivity contribution in [3.8, 4) is 11.1 Å². The first-order valence-electron chi connectivity index (χ1n) is 11.3. The SMILES string of the molecule is CC(C)N1CCN(C2CCc3cc(-c4cccc(C(=O)N(C)C)c4)ccc3C2)CC1. The highest BCUT2D eigenvalue weighted by Gasteiger charge is 2.28. The minimum Gasteiger partial charge on any atom is -0.345 e. The number of nitrogens with zero attached hydrogens (tertiary/aromatic N) is 3. The van der Waals surface area contributed by atoms with E-state index in [4.69, 9.17) is 0 Å². The number of hydrogen-bond donors (Lipinski definition) is 0. The summed E-state index contributed by atoms with van der Waals surface area (Å²) in [6.45, 7) is 9.39. The summed E-state index contributed by atoms with van der Waals surface area (Å²) in [6, 6.07) is 16.2. The molecule has 2 aliphatic rings. The molecular formula is C26H35N3O. The summed E-state index contributed by atoms with van der Waals surface area (Å²) in [5.41, 5.74) is 6.06. The van der Waals surface area contributed by atoms with Gasteiger partial charge in [0, 0.05) is 57.9 Å². The van der Waals surface area contributed by atoms with Crippen molar-refractivity contribution in [3.63, 3.8) is 0 Å². The fraction of sp³-hybridized carbons (Fsp3) is 0.500. The van der Waals surface area contributed by atoms with Gasteiger partial charge in [0.15, 0.2) is 0 Å². The second-order valence-electron chi connectivity index (χ2n) is 9.33. The number of hydrogen-bond acceptors (Lipinski definition) is 3. The highest BCUT2D eigenvalue weighted by molar-refractivity contribution is 5.95. The number of aryl methyl sites for hydroxylation is 1. The van der Waals surface area contributed by atoms with Gasteiger partial charge >= 0.3 is 0 Å². The van der Waals surface area contributed by atoms with Crippen LogP contribution in [0, 0.1) is 0 Å². The molecule has 1 aliphatic heterocycles. The Labute approximate surface area is 181 Å². The number of rotatable bonds is 4. The molecule has 30 heavy (non-hydrogen) atoms. The summed E-state index contributed by atoms with van der Waals surface area (Å²) >= 11 is 0. The maximum Gasteiger partial charge on any atom is 0.253 e.